The fourth-order valence-corrected chi connectivity index (χ4v) is 2.30. The van der Waals surface area contributed by atoms with Crippen LogP contribution >= 0.6 is 0 Å². The number of fused-ring (bicyclic) bond motifs is 1. The summed E-state index contributed by atoms with van der Waals surface area (Å²) in [6, 6.07) is 0.845. The Morgan fingerprint density at radius 3 is 2.65 bits per heavy atom. The lowest BCUT2D eigenvalue weighted by atomic mass is 10.1. The topological polar surface area (TPSA) is 58.4 Å². The Bertz CT molecular complexity index is 502. The Balaban J connectivity index is 2.13. The van der Waals surface area contributed by atoms with E-state index >= 15 is 0 Å². The molecule has 1 aromatic carbocycles. The zero-order valence-corrected chi connectivity index (χ0v) is 8.91. The molecule has 0 spiro atoms. The molecule has 1 saturated heterocycles. The fraction of sp³-hybridized carbons (Fsp3) is 0.364. The third-order valence-electron chi connectivity index (χ3n) is 3.27. The normalized spacial score (nSPS) is 23.8. The van der Waals surface area contributed by atoms with E-state index in [1.54, 1.807) is 0 Å². The zero-order valence-electron chi connectivity index (χ0n) is 8.91. The summed E-state index contributed by atoms with van der Waals surface area (Å²) < 4.78 is 26.8. The van der Waals surface area contributed by atoms with Gasteiger partial charge in [0.25, 0.3) is 0 Å². The number of halogens is 2. The number of carbonyl (C=O) groups excluding carboxylic acids is 1. The molecule has 1 fully saturated rings. The van der Waals surface area contributed by atoms with Crippen molar-refractivity contribution in [1.82, 2.24) is 5.32 Å². The summed E-state index contributed by atoms with van der Waals surface area (Å²) in [5, 5.41) is 3.01. The molecule has 3 rings (SSSR count). The van der Waals surface area contributed by atoms with Crippen LogP contribution in [0.5, 0.6) is 0 Å². The van der Waals surface area contributed by atoms with Crippen LogP contribution < -0.4 is 16.0 Å². The first kappa shape index (κ1) is 10.6. The second kappa shape index (κ2) is 3.48. The first-order valence-electron chi connectivity index (χ1n) is 5.38. The number of nitrogens with zero attached hydrogens (tertiary/aromatic N) is 1. The van der Waals surface area contributed by atoms with Gasteiger partial charge < -0.3 is 16.0 Å². The molecule has 2 heterocycles. The lowest BCUT2D eigenvalue weighted by Gasteiger charge is -2.36. The van der Waals surface area contributed by atoms with Crippen LogP contribution in [0.1, 0.15) is 11.6 Å². The highest BCUT2D eigenvalue weighted by Crippen LogP contribution is 2.38. The Morgan fingerprint density at radius 2 is 2.06 bits per heavy atom. The summed E-state index contributed by atoms with van der Waals surface area (Å²) in [5.41, 5.74) is 6.04. The molecular formula is C11H11F2N3O. The lowest BCUT2D eigenvalue weighted by Crippen LogP contribution is -2.58. The first-order chi connectivity index (χ1) is 8.09. The van der Waals surface area contributed by atoms with Crippen molar-refractivity contribution in [3.8, 4) is 0 Å². The number of anilines is 1. The number of nitrogens with one attached hydrogen (secondary N) is 1. The summed E-state index contributed by atoms with van der Waals surface area (Å²) in [6.45, 7) is 1.24. The molecule has 6 heteroatoms. The van der Waals surface area contributed by atoms with Gasteiger partial charge in [-0.25, -0.2) is 8.78 Å². The average Bonchev–Trinajstić information content (AvgIpc) is 2.41. The third-order valence-corrected chi connectivity index (χ3v) is 3.27. The van der Waals surface area contributed by atoms with Gasteiger partial charge in [-0.15, -0.1) is 0 Å². The van der Waals surface area contributed by atoms with E-state index in [4.69, 9.17) is 5.73 Å². The molecule has 1 aromatic rings. The molecule has 90 valence electrons. The van der Waals surface area contributed by atoms with E-state index in [0.29, 0.717) is 13.1 Å². The van der Waals surface area contributed by atoms with Gasteiger partial charge in [-0.1, -0.05) is 0 Å². The molecular weight excluding hydrogens is 228 g/mol. The van der Waals surface area contributed by atoms with E-state index in [1.807, 2.05) is 0 Å². The second-order valence-corrected chi connectivity index (χ2v) is 4.32. The maximum Gasteiger partial charge on any atom is 0.249 e. The van der Waals surface area contributed by atoms with Crippen LogP contribution in [-0.4, -0.2) is 25.0 Å². The highest BCUT2D eigenvalue weighted by Gasteiger charge is 2.42. The first-order valence-corrected chi connectivity index (χ1v) is 5.38. The quantitative estimate of drug-likeness (QED) is 0.740. The van der Waals surface area contributed by atoms with Crippen molar-refractivity contribution in [3.05, 3.63) is 29.3 Å². The number of benzene rings is 1. The van der Waals surface area contributed by atoms with Gasteiger partial charge in [0, 0.05) is 24.7 Å². The summed E-state index contributed by atoms with van der Waals surface area (Å²) in [7, 11) is 0. The van der Waals surface area contributed by atoms with E-state index in [2.05, 4.69) is 5.32 Å². The van der Waals surface area contributed by atoms with Gasteiger partial charge in [0.15, 0.2) is 0 Å². The van der Waals surface area contributed by atoms with Gasteiger partial charge in [0.05, 0.1) is 11.7 Å². The van der Waals surface area contributed by atoms with Crippen LogP contribution in [0.3, 0.4) is 0 Å². The predicted molar refractivity (Wildman–Crippen MR) is 57.4 cm³/mol. The highest BCUT2D eigenvalue weighted by molar-refractivity contribution is 6.05. The van der Waals surface area contributed by atoms with Crippen LogP contribution in [0.15, 0.2) is 12.1 Å². The average molecular weight is 239 g/mol. The van der Waals surface area contributed by atoms with Crippen molar-refractivity contribution in [3.63, 3.8) is 0 Å². The van der Waals surface area contributed by atoms with Gasteiger partial charge in [-0.05, 0) is 6.07 Å². The molecule has 1 atom stereocenters. The number of rotatable bonds is 1. The number of hydrogen-bond acceptors (Lipinski definition) is 3. The monoisotopic (exact) mass is 239 g/mol. The maximum atomic E-state index is 13.6. The van der Waals surface area contributed by atoms with Crippen molar-refractivity contribution < 1.29 is 13.6 Å². The van der Waals surface area contributed by atoms with Gasteiger partial charge >= 0.3 is 0 Å². The van der Waals surface area contributed by atoms with Crippen molar-refractivity contribution in [2.24, 2.45) is 5.73 Å². The summed E-state index contributed by atoms with van der Waals surface area (Å²) in [4.78, 5) is 13.3. The number of amides is 1. The Morgan fingerprint density at radius 1 is 1.35 bits per heavy atom. The van der Waals surface area contributed by atoms with Crippen LogP contribution in [0.2, 0.25) is 0 Å². The smallest absolute Gasteiger partial charge is 0.249 e. The molecule has 1 amide bonds. The molecule has 4 nitrogen and oxygen atoms in total. The molecule has 0 aliphatic carbocycles. The minimum absolute atomic E-state index is 0.0593. The Hall–Kier alpha value is -1.53. The third kappa shape index (κ3) is 1.37. The molecule has 1 unspecified atom stereocenters. The lowest BCUT2D eigenvalue weighted by molar-refractivity contribution is -0.119. The molecule has 0 saturated carbocycles. The highest BCUT2D eigenvalue weighted by atomic mass is 19.1. The van der Waals surface area contributed by atoms with Crippen LogP contribution in [0, 0.1) is 11.6 Å². The minimum atomic E-state index is -1.02. The van der Waals surface area contributed by atoms with Crippen LogP contribution in [0.4, 0.5) is 14.5 Å². The van der Waals surface area contributed by atoms with Gasteiger partial charge in [-0.2, -0.15) is 0 Å². The maximum absolute atomic E-state index is 13.6. The second-order valence-electron chi connectivity index (χ2n) is 4.32. The van der Waals surface area contributed by atoms with Gasteiger partial charge in [-0.3, -0.25) is 4.79 Å². The van der Waals surface area contributed by atoms with Crippen molar-refractivity contribution in [2.45, 2.75) is 12.1 Å². The number of carbonyl (C=O) groups is 1. The molecule has 3 N–H and O–H groups in total. The zero-order chi connectivity index (χ0) is 12.2. The molecule has 2 aliphatic heterocycles. The molecule has 0 bridgehead atoms. The van der Waals surface area contributed by atoms with E-state index in [0.717, 1.165) is 6.07 Å². The Labute approximate surface area is 96.4 Å². The predicted octanol–water partition coefficient (Wildman–Crippen LogP) is 0.283. The van der Waals surface area contributed by atoms with Crippen molar-refractivity contribution in [2.75, 3.05) is 18.0 Å². The molecule has 0 aromatic heterocycles. The minimum Gasteiger partial charge on any atom is -0.316 e. The SMILES string of the molecule is NC1C(=O)N(C2CNC2)c2cc(F)cc(F)c21. The van der Waals surface area contributed by atoms with Gasteiger partial charge in [0.1, 0.15) is 17.7 Å². The molecule has 17 heavy (non-hydrogen) atoms. The fourth-order valence-electron chi connectivity index (χ4n) is 2.30. The van der Waals surface area contributed by atoms with Crippen molar-refractivity contribution >= 4 is 11.6 Å². The molecule has 0 radical (unpaired) electrons. The molecule has 2 aliphatic rings. The summed E-state index contributed by atoms with van der Waals surface area (Å²) in [5.74, 6) is -1.81. The van der Waals surface area contributed by atoms with Gasteiger partial charge in [0.2, 0.25) is 5.91 Å². The summed E-state index contributed by atoms with van der Waals surface area (Å²) in [6.07, 6.45) is 0. The van der Waals surface area contributed by atoms with Crippen LogP contribution in [0.25, 0.3) is 0 Å². The Kier molecular flexibility index (Phi) is 2.17. The van der Waals surface area contributed by atoms with E-state index in [9.17, 15) is 13.6 Å². The van der Waals surface area contributed by atoms with E-state index < -0.39 is 17.7 Å². The standard InChI is InChI=1S/C11H11F2N3O/c12-5-1-7(13)9-8(2-5)16(6-3-15-4-6)11(17)10(9)14/h1-2,6,10,15H,3-4,14H2. The largest absolute Gasteiger partial charge is 0.316 e. The van der Waals surface area contributed by atoms with Crippen LogP contribution in [-0.2, 0) is 4.79 Å². The number of nitrogens with two attached hydrogens (primary N) is 1. The van der Waals surface area contributed by atoms with E-state index in [1.165, 1.54) is 11.0 Å². The number of hydrogen-bond donors (Lipinski definition) is 2. The van der Waals surface area contributed by atoms with E-state index in [-0.39, 0.29) is 23.2 Å². The summed E-state index contributed by atoms with van der Waals surface area (Å²) >= 11 is 0. The van der Waals surface area contributed by atoms with Crippen molar-refractivity contribution in [1.29, 1.82) is 0 Å².